The van der Waals surface area contributed by atoms with E-state index in [0.717, 1.165) is 0 Å². The maximum Gasteiger partial charge on any atom is 0.141 e. The van der Waals surface area contributed by atoms with Crippen molar-refractivity contribution in [2.45, 2.75) is 6.04 Å². The summed E-state index contributed by atoms with van der Waals surface area (Å²) in [7, 11) is 4.09. The van der Waals surface area contributed by atoms with Crippen molar-refractivity contribution in [1.82, 2.24) is 0 Å². The van der Waals surface area contributed by atoms with E-state index in [1.165, 1.54) is 12.8 Å². The topological polar surface area (TPSA) is 18.5 Å². The molecule has 2 aliphatic rings. The van der Waals surface area contributed by atoms with Crippen LogP contribution in [0.4, 0.5) is 0 Å². The minimum absolute atomic E-state index is 0.111. The second-order valence-electron chi connectivity index (χ2n) is 3.79. The van der Waals surface area contributed by atoms with Crippen LogP contribution in [0.15, 0.2) is 0 Å². The van der Waals surface area contributed by atoms with Crippen molar-refractivity contribution in [2.75, 3.05) is 12.8 Å². The Balaban J connectivity index is 1.69. The van der Waals surface area contributed by atoms with E-state index in [2.05, 4.69) is 10.7 Å². The van der Waals surface area contributed by atoms with E-state index in [0.29, 0.717) is 25.7 Å². The van der Waals surface area contributed by atoms with Crippen molar-refractivity contribution in [3.8, 4) is 0 Å². The van der Waals surface area contributed by atoms with Crippen molar-refractivity contribution in [2.24, 2.45) is 0 Å². The third kappa shape index (κ3) is 4.04. The summed E-state index contributed by atoms with van der Waals surface area (Å²) in [5.74, 6) is 0. The van der Waals surface area contributed by atoms with Gasteiger partial charge in [0.25, 0.3) is 0 Å². The molecule has 0 aliphatic carbocycles. The van der Waals surface area contributed by atoms with Crippen molar-refractivity contribution in [1.29, 1.82) is 0 Å². The average Bonchev–Trinajstić information content (AvgIpc) is 2.21. The van der Waals surface area contributed by atoms with Gasteiger partial charge in [0.05, 0.1) is 7.46 Å². The SMILES string of the molecule is C1C[SiH](S[SiH]2CO[SiH2][SiH2][SiH2]2)[SiH2][SiH2]O1. The summed E-state index contributed by atoms with van der Waals surface area (Å²) in [5, 5.41) is 0. The predicted molar refractivity (Wildman–Crippen MR) is 81.3 cm³/mol. The van der Waals surface area contributed by atoms with Gasteiger partial charge in [-0.2, -0.15) is 0 Å². The minimum atomic E-state index is -0.206. The Kier molecular flexibility index (Phi) is 5.54. The second-order valence-corrected chi connectivity index (χ2v) is 52.5. The molecule has 2 heterocycles. The molecule has 0 aromatic carbocycles. The van der Waals surface area contributed by atoms with Gasteiger partial charge in [0.2, 0.25) is 0 Å². The molecule has 0 radical (unpaired) electrons. The Morgan fingerprint density at radius 3 is 2.77 bits per heavy atom. The second kappa shape index (κ2) is 6.39. The molecule has 0 saturated carbocycles. The predicted octanol–water partition coefficient (Wildman–Crippen LogP) is -4.82. The van der Waals surface area contributed by atoms with Crippen LogP contribution in [0, 0.1) is 0 Å². The molecule has 2 fully saturated rings. The summed E-state index contributed by atoms with van der Waals surface area (Å²) in [6, 6.07) is 1.56. The van der Waals surface area contributed by atoms with E-state index in [1.54, 1.807) is 6.04 Å². The van der Waals surface area contributed by atoms with Gasteiger partial charge in [-0.25, -0.2) is 10.7 Å². The molecule has 2 rings (SSSR count). The highest BCUT2D eigenvalue weighted by Crippen LogP contribution is 2.16. The summed E-state index contributed by atoms with van der Waals surface area (Å²) in [6.07, 6.45) is 1.34. The minimum Gasteiger partial charge on any atom is -0.431 e. The third-order valence-electron chi connectivity index (χ3n) is 2.67. The number of hydrogen-bond donors (Lipinski definition) is 0. The van der Waals surface area contributed by atoms with Crippen LogP contribution < -0.4 is 0 Å². The lowest BCUT2D eigenvalue weighted by Crippen LogP contribution is -2.44. The molecule has 2 atom stereocenters. The molecule has 13 heavy (non-hydrogen) atoms. The zero-order valence-corrected chi connectivity index (χ0v) is 18.2. The summed E-state index contributed by atoms with van der Waals surface area (Å²) >= 11 is 0. The Bertz CT molecular complexity index is 133. The molecular weight excluding hydrogens is 297 g/mol. The lowest BCUT2D eigenvalue weighted by atomic mass is 10.9. The summed E-state index contributed by atoms with van der Waals surface area (Å²) in [5.41, 5.74) is 0. The molecule has 0 aromatic rings. The van der Waals surface area contributed by atoms with Crippen LogP contribution in [0.3, 0.4) is 0 Å². The highest BCUT2D eigenvalue weighted by atomic mass is 32.5. The van der Waals surface area contributed by atoms with E-state index in [9.17, 15) is 0 Å². The van der Waals surface area contributed by atoms with Gasteiger partial charge < -0.3 is 8.85 Å². The molecule has 2 saturated heterocycles. The lowest BCUT2D eigenvalue weighted by Gasteiger charge is -2.26. The van der Waals surface area contributed by atoms with Crippen LogP contribution in [0.5, 0.6) is 0 Å². The van der Waals surface area contributed by atoms with Crippen LogP contribution >= 0.6 is 10.7 Å². The maximum atomic E-state index is 5.82. The summed E-state index contributed by atoms with van der Waals surface area (Å²) in [6.45, 7) is 1.18. The maximum absolute atomic E-state index is 5.82. The van der Waals surface area contributed by atoms with Crippen molar-refractivity contribution < 1.29 is 8.85 Å². The van der Waals surface area contributed by atoms with Gasteiger partial charge in [-0.1, -0.05) is 0 Å². The molecular formula is C3H18O2SSi7. The summed E-state index contributed by atoms with van der Waals surface area (Å²) < 4.78 is 11.4. The molecule has 0 bridgehead atoms. The zero-order chi connectivity index (χ0) is 8.93. The highest BCUT2D eigenvalue weighted by molar-refractivity contribution is 8.52. The molecule has 2 nitrogen and oxygen atoms in total. The monoisotopic (exact) mass is 314 g/mol. The Hall–Kier alpha value is 1.79. The Morgan fingerprint density at radius 2 is 2.08 bits per heavy atom. The smallest absolute Gasteiger partial charge is 0.141 e. The first kappa shape index (κ1) is 11.3. The first-order chi connectivity index (χ1) is 6.45. The van der Waals surface area contributed by atoms with E-state index < -0.39 is 0 Å². The lowest BCUT2D eigenvalue weighted by molar-refractivity contribution is 0.368. The Morgan fingerprint density at radius 1 is 1.08 bits per heavy atom. The van der Waals surface area contributed by atoms with Gasteiger partial charge in [-0.15, -0.1) is 0 Å². The van der Waals surface area contributed by atoms with Gasteiger partial charge in [-0.3, -0.25) is 0 Å². The fourth-order valence-corrected chi connectivity index (χ4v) is 130. The Labute approximate surface area is 97.1 Å². The van der Waals surface area contributed by atoms with Gasteiger partial charge in [-0.05, 0) is 6.04 Å². The van der Waals surface area contributed by atoms with Crippen molar-refractivity contribution in [3.05, 3.63) is 0 Å². The largest absolute Gasteiger partial charge is 0.431 e. The molecule has 76 valence electrons. The number of rotatable bonds is 2. The van der Waals surface area contributed by atoms with Gasteiger partial charge in [0.1, 0.15) is 26.0 Å². The molecule has 2 aliphatic heterocycles. The van der Waals surface area contributed by atoms with E-state index in [1.807, 2.05) is 0 Å². The van der Waals surface area contributed by atoms with Gasteiger partial charge in [0.15, 0.2) is 0 Å². The van der Waals surface area contributed by atoms with Gasteiger partial charge >= 0.3 is 0 Å². The van der Waals surface area contributed by atoms with E-state index >= 15 is 0 Å². The van der Waals surface area contributed by atoms with Gasteiger partial charge in [0, 0.05) is 38.5 Å². The summed E-state index contributed by atoms with van der Waals surface area (Å²) in [4.78, 5) is 0. The van der Waals surface area contributed by atoms with Crippen LogP contribution in [0.1, 0.15) is 0 Å². The quantitative estimate of drug-likeness (QED) is 0.477. The van der Waals surface area contributed by atoms with E-state index in [-0.39, 0.29) is 33.5 Å². The molecule has 10 heteroatoms. The average molecular weight is 315 g/mol. The van der Waals surface area contributed by atoms with Crippen LogP contribution in [0.25, 0.3) is 0 Å². The van der Waals surface area contributed by atoms with Crippen LogP contribution in [-0.2, 0) is 8.85 Å². The zero-order valence-electron chi connectivity index (χ0n) is 8.04. The molecule has 0 amide bonds. The number of hydrogen-bond acceptors (Lipinski definition) is 3. The highest BCUT2D eigenvalue weighted by Gasteiger charge is 2.24. The fraction of sp³-hybridized carbons (Fsp3) is 1.00. The molecule has 2 unspecified atom stereocenters. The first-order valence-electron chi connectivity index (χ1n) is 5.26. The van der Waals surface area contributed by atoms with Crippen LogP contribution in [-0.4, -0.2) is 72.0 Å². The standard InChI is InChI=1S/C3H18O2SSi7/c1-2-12(10-8-4-1)6-13-3-5-7-9-11-13/h12-13H,1-3,7-11H2. The van der Waals surface area contributed by atoms with Crippen molar-refractivity contribution >= 4 is 69.8 Å². The van der Waals surface area contributed by atoms with Crippen molar-refractivity contribution in [3.63, 3.8) is 0 Å². The fourth-order valence-electron chi connectivity index (χ4n) is 1.90. The van der Waals surface area contributed by atoms with E-state index in [4.69, 9.17) is 8.85 Å². The normalized spacial score (nSPS) is 45.2. The van der Waals surface area contributed by atoms with Crippen LogP contribution in [0.2, 0.25) is 6.04 Å². The first-order valence-corrected chi connectivity index (χ1v) is 30.4. The third-order valence-corrected chi connectivity index (χ3v) is 83.5. The molecule has 0 aromatic heterocycles. The molecule has 0 spiro atoms. The molecule has 0 N–H and O–H groups in total.